The number of primary amides is 1. The van der Waals surface area contributed by atoms with Crippen LogP contribution in [0, 0.1) is 0 Å². The highest BCUT2D eigenvalue weighted by Gasteiger charge is 2.14. The van der Waals surface area contributed by atoms with Crippen molar-refractivity contribution in [2.45, 2.75) is 0 Å². The van der Waals surface area contributed by atoms with E-state index in [1.807, 2.05) is 48.5 Å². The molecule has 0 aliphatic heterocycles. The summed E-state index contributed by atoms with van der Waals surface area (Å²) in [5, 5.41) is 0.611. The van der Waals surface area contributed by atoms with Crippen LogP contribution in [-0.4, -0.2) is 18.0 Å². The van der Waals surface area contributed by atoms with E-state index < -0.39 is 5.91 Å². The van der Waals surface area contributed by atoms with E-state index in [1.54, 1.807) is 13.2 Å². The molecule has 0 aliphatic rings. The third-order valence-electron chi connectivity index (χ3n) is 3.23. The maximum Gasteiger partial charge on any atom is 0.251 e. The molecule has 2 aromatic carbocycles. The Kier molecular flexibility index (Phi) is 3.89. The molecule has 2 N–H and O–H groups in total. The van der Waals surface area contributed by atoms with Gasteiger partial charge in [-0.2, -0.15) is 0 Å². The van der Waals surface area contributed by atoms with Crippen molar-refractivity contribution < 1.29 is 9.53 Å². The van der Waals surface area contributed by atoms with Gasteiger partial charge in [-0.1, -0.05) is 30.3 Å². The fraction of sp³-hybridized carbons (Fsp3) is 0.0588. The number of amides is 1. The SMILES string of the molecule is COc1ccccc1C=C(C(N)=O)c1nc2ccccc2s1. The lowest BCUT2D eigenvalue weighted by molar-refractivity contribution is -0.112. The van der Waals surface area contributed by atoms with Crippen LogP contribution in [-0.2, 0) is 4.79 Å². The van der Waals surface area contributed by atoms with E-state index in [0.29, 0.717) is 16.3 Å². The number of nitrogens with zero attached hydrogens (tertiary/aromatic N) is 1. The van der Waals surface area contributed by atoms with Gasteiger partial charge in [0.1, 0.15) is 10.8 Å². The maximum atomic E-state index is 11.9. The average molecular weight is 310 g/mol. The number of aromatic nitrogens is 1. The number of nitrogens with two attached hydrogens (primary N) is 1. The molecule has 1 aromatic heterocycles. The highest BCUT2D eigenvalue weighted by molar-refractivity contribution is 7.19. The van der Waals surface area contributed by atoms with Crippen molar-refractivity contribution in [3.63, 3.8) is 0 Å². The highest BCUT2D eigenvalue weighted by Crippen LogP contribution is 2.30. The lowest BCUT2D eigenvalue weighted by atomic mass is 10.1. The molecule has 0 atom stereocenters. The van der Waals surface area contributed by atoms with E-state index in [-0.39, 0.29) is 0 Å². The Bertz CT molecular complexity index is 835. The Labute approximate surface area is 131 Å². The fourth-order valence-electron chi connectivity index (χ4n) is 2.17. The van der Waals surface area contributed by atoms with Gasteiger partial charge >= 0.3 is 0 Å². The van der Waals surface area contributed by atoms with Gasteiger partial charge in [-0.25, -0.2) is 4.98 Å². The zero-order valence-electron chi connectivity index (χ0n) is 11.9. The lowest BCUT2D eigenvalue weighted by Crippen LogP contribution is -2.12. The number of thiazole rings is 1. The third-order valence-corrected chi connectivity index (χ3v) is 4.30. The van der Waals surface area contributed by atoms with Crippen molar-refractivity contribution in [2.75, 3.05) is 7.11 Å². The van der Waals surface area contributed by atoms with Gasteiger partial charge in [-0.3, -0.25) is 4.79 Å². The van der Waals surface area contributed by atoms with Crippen molar-refractivity contribution in [3.05, 3.63) is 59.1 Å². The van der Waals surface area contributed by atoms with Crippen LogP contribution >= 0.6 is 11.3 Å². The molecule has 4 nitrogen and oxygen atoms in total. The van der Waals surface area contributed by atoms with Crippen LogP contribution in [0.15, 0.2) is 48.5 Å². The first-order valence-electron chi connectivity index (χ1n) is 6.69. The second-order valence-electron chi connectivity index (χ2n) is 4.65. The first kappa shape index (κ1) is 14.3. The quantitative estimate of drug-likeness (QED) is 0.752. The molecule has 0 unspecified atom stereocenters. The molecule has 0 fully saturated rings. The minimum atomic E-state index is -0.509. The molecular weight excluding hydrogens is 296 g/mol. The molecule has 0 saturated carbocycles. The Morgan fingerprint density at radius 2 is 1.91 bits per heavy atom. The minimum absolute atomic E-state index is 0.380. The van der Waals surface area contributed by atoms with Crippen LogP contribution in [0.2, 0.25) is 0 Å². The number of rotatable bonds is 4. The van der Waals surface area contributed by atoms with E-state index in [4.69, 9.17) is 10.5 Å². The maximum absolute atomic E-state index is 11.9. The standard InChI is InChI=1S/C17H14N2O2S/c1-21-14-8-4-2-6-11(14)10-12(16(18)20)17-19-13-7-3-5-9-15(13)22-17/h2-10H,1H3,(H2,18,20). The highest BCUT2D eigenvalue weighted by atomic mass is 32.1. The monoisotopic (exact) mass is 310 g/mol. The third kappa shape index (κ3) is 2.71. The molecule has 0 spiro atoms. The topological polar surface area (TPSA) is 65.2 Å². The number of methoxy groups -OCH3 is 1. The number of para-hydroxylation sites is 2. The van der Waals surface area contributed by atoms with Crippen molar-refractivity contribution in [2.24, 2.45) is 5.73 Å². The summed E-state index contributed by atoms with van der Waals surface area (Å²) in [4.78, 5) is 16.4. The first-order valence-corrected chi connectivity index (χ1v) is 7.51. The van der Waals surface area contributed by atoms with Crippen LogP contribution < -0.4 is 10.5 Å². The van der Waals surface area contributed by atoms with Gasteiger partial charge in [0.15, 0.2) is 0 Å². The van der Waals surface area contributed by atoms with Crippen molar-refractivity contribution in [3.8, 4) is 5.75 Å². The predicted octanol–water partition coefficient (Wildman–Crippen LogP) is 3.33. The minimum Gasteiger partial charge on any atom is -0.496 e. The summed E-state index contributed by atoms with van der Waals surface area (Å²) in [5.74, 6) is 0.173. The normalized spacial score (nSPS) is 11.6. The molecule has 0 bridgehead atoms. The van der Waals surface area contributed by atoms with Gasteiger partial charge < -0.3 is 10.5 Å². The Morgan fingerprint density at radius 1 is 1.18 bits per heavy atom. The van der Waals surface area contributed by atoms with E-state index in [2.05, 4.69) is 4.98 Å². The van der Waals surface area contributed by atoms with E-state index >= 15 is 0 Å². The van der Waals surface area contributed by atoms with E-state index in [0.717, 1.165) is 15.8 Å². The number of carbonyl (C=O) groups is 1. The van der Waals surface area contributed by atoms with Gasteiger partial charge in [-0.15, -0.1) is 11.3 Å². The zero-order valence-corrected chi connectivity index (χ0v) is 12.8. The molecule has 1 heterocycles. The van der Waals surface area contributed by atoms with Gasteiger partial charge in [0, 0.05) is 5.56 Å². The number of benzene rings is 2. The smallest absolute Gasteiger partial charge is 0.251 e. The Hall–Kier alpha value is -2.66. The number of carbonyl (C=O) groups excluding carboxylic acids is 1. The summed E-state index contributed by atoms with van der Waals surface area (Å²) >= 11 is 1.45. The number of hydrogen-bond acceptors (Lipinski definition) is 4. The predicted molar refractivity (Wildman–Crippen MR) is 89.7 cm³/mol. The number of hydrogen-bond donors (Lipinski definition) is 1. The van der Waals surface area contributed by atoms with Crippen LogP contribution in [0.25, 0.3) is 21.9 Å². The second-order valence-corrected chi connectivity index (χ2v) is 5.68. The number of fused-ring (bicyclic) bond motifs is 1. The van der Waals surface area contributed by atoms with E-state index in [1.165, 1.54) is 11.3 Å². The van der Waals surface area contributed by atoms with Crippen molar-refractivity contribution in [1.29, 1.82) is 0 Å². The Morgan fingerprint density at radius 3 is 2.64 bits per heavy atom. The molecule has 1 amide bonds. The van der Waals surface area contributed by atoms with Crippen molar-refractivity contribution >= 4 is 39.1 Å². The zero-order chi connectivity index (χ0) is 15.5. The summed E-state index contributed by atoms with van der Waals surface area (Å²) in [6.45, 7) is 0. The molecule has 0 radical (unpaired) electrons. The molecule has 3 rings (SSSR count). The molecular formula is C17H14N2O2S. The summed E-state index contributed by atoms with van der Waals surface area (Å²) in [7, 11) is 1.59. The van der Waals surface area contributed by atoms with Crippen LogP contribution in [0.5, 0.6) is 5.75 Å². The fourth-order valence-corrected chi connectivity index (χ4v) is 3.15. The molecule has 110 valence electrons. The van der Waals surface area contributed by atoms with Crippen LogP contribution in [0.1, 0.15) is 10.6 Å². The van der Waals surface area contributed by atoms with E-state index in [9.17, 15) is 4.79 Å². The van der Waals surface area contributed by atoms with Crippen LogP contribution in [0.4, 0.5) is 0 Å². The average Bonchev–Trinajstić information content (AvgIpc) is 2.96. The number of ether oxygens (including phenoxy) is 1. The van der Waals surface area contributed by atoms with Gasteiger partial charge in [0.25, 0.3) is 5.91 Å². The molecule has 3 aromatic rings. The Balaban J connectivity index is 2.13. The lowest BCUT2D eigenvalue weighted by Gasteiger charge is -2.05. The largest absolute Gasteiger partial charge is 0.496 e. The summed E-state index contributed by atoms with van der Waals surface area (Å²) in [6, 6.07) is 15.2. The second kappa shape index (κ2) is 5.99. The van der Waals surface area contributed by atoms with Gasteiger partial charge in [-0.05, 0) is 24.3 Å². The summed E-state index contributed by atoms with van der Waals surface area (Å²) < 4.78 is 6.33. The summed E-state index contributed by atoms with van der Waals surface area (Å²) in [6.07, 6.45) is 1.72. The molecule has 0 saturated heterocycles. The first-order chi connectivity index (χ1) is 10.7. The molecule has 5 heteroatoms. The summed E-state index contributed by atoms with van der Waals surface area (Å²) in [5.41, 5.74) is 7.57. The van der Waals surface area contributed by atoms with Crippen molar-refractivity contribution in [1.82, 2.24) is 4.98 Å². The van der Waals surface area contributed by atoms with Gasteiger partial charge in [0.05, 0.1) is 22.9 Å². The van der Waals surface area contributed by atoms with Crippen LogP contribution in [0.3, 0.4) is 0 Å². The van der Waals surface area contributed by atoms with Gasteiger partial charge in [0.2, 0.25) is 0 Å². The molecule has 0 aliphatic carbocycles. The molecule has 22 heavy (non-hydrogen) atoms.